The molecule has 0 aliphatic heterocycles. The van der Waals surface area contributed by atoms with Crippen LogP contribution >= 0.6 is 0 Å². The molecule has 398 valence electrons. The average Bonchev–Trinajstić information content (AvgIpc) is 3.33. The molecule has 0 spiro atoms. The predicted molar refractivity (Wildman–Crippen MR) is 294 cm³/mol. The molecule has 1 aliphatic rings. The molecule has 0 bridgehead atoms. The number of rotatable bonds is 52. The molecule has 0 radical (unpaired) electrons. The first-order valence-electron chi connectivity index (χ1n) is 30.9. The smallest absolute Gasteiger partial charge is 0.222 e. The predicted octanol–water partition coefficient (Wildman–Crippen LogP) is 18.1. The first kappa shape index (κ1) is 63.9. The van der Waals surface area contributed by atoms with Crippen LogP contribution in [-0.2, 0) is 9.59 Å². The van der Waals surface area contributed by atoms with Gasteiger partial charge in [0.2, 0.25) is 11.8 Å². The van der Waals surface area contributed by atoms with Gasteiger partial charge in [0.15, 0.2) is 0 Å². The number of hydrogen-bond acceptors (Lipinski definition) is 4. The van der Waals surface area contributed by atoms with E-state index in [1.165, 1.54) is 251 Å². The first-order chi connectivity index (χ1) is 32.9. The van der Waals surface area contributed by atoms with Crippen molar-refractivity contribution in [1.29, 1.82) is 0 Å². The zero-order valence-corrected chi connectivity index (χ0v) is 46.2. The molecule has 6 nitrogen and oxygen atoms in total. The number of nitrogens with one attached hydrogen (secondary N) is 1. The Balaban J connectivity index is 2.41. The van der Waals surface area contributed by atoms with Crippen LogP contribution in [0.3, 0.4) is 0 Å². The number of amides is 2. The van der Waals surface area contributed by atoms with E-state index in [0.29, 0.717) is 30.3 Å². The molecule has 2 N–H and O–H groups in total. The SMILES string of the molecule is CCCCCCCCCCN(CCCCCCCCCC)C(=O)CCCCCCCN(CCCCCCCC(=O)NC(CCCCCCCCC)CCCCCCCCC)C1CCC(O)CC1. The van der Waals surface area contributed by atoms with Crippen molar-refractivity contribution in [3.63, 3.8) is 0 Å². The number of carbonyl (C=O) groups excluding carboxylic acids is 2. The minimum absolute atomic E-state index is 0.106. The molecular formula is C61H121N3O3. The van der Waals surface area contributed by atoms with Crippen LogP contribution in [0.15, 0.2) is 0 Å². The highest BCUT2D eigenvalue weighted by Crippen LogP contribution is 2.25. The van der Waals surface area contributed by atoms with Crippen LogP contribution in [0, 0.1) is 0 Å². The summed E-state index contributed by atoms with van der Waals surface area (Å²) in [5, 5.41) is 13.7. The number of aliphatic hydroxyl groups is 1. The Hall–Kier alpha value is -1.14. The molecule has 0 aromatic heterocycles. The van der Waals surface area contributed by atoms with Gasteiger partial charge in [0.1, 0.15) is 0 Å². The third-order valence-corrected chi connectivity index (χ3v) is 15.5. The molecule has 6 heteroatoms. The Morgan fingerprint density at radius 2 is 0.716 bits per heavy atom. The second-order valence-corrected chi connectivity index (χ2v) is 21.9. The Bertz CT molecular complexity index is 993. The molecule has 1 rings (SSSR count). The van der Waals surface area contributed by atoms with Crippen LogP contribution < -0.4 is 5.32 Å². The number of hydrogen-bond donors (Lipinski definition) is 2. The Labute approximate surface area is 420 Å². The minimum Gasteiger partial charge on any atom is -0.393 e. The van der Waals surface area contributed by atoms with Gasteiger partial charge in [0, 0.05) is 38.0 Å². The highest BCUT2D eigenvalue weighted by atomic mass is 16.3. The lowest BCUT2D eigenvalue weighted by Crippen LogP contribution is -2.40. The molecule has 0 unspecified atom stereocenters. The molecule has 1 aliphatic carbocycles. The maximum atomic E-state index is 13.5. The van der Waals surface area contributed by atoms with Crippen molar-refractivity contribution in [2.75, 3.05) is 26.2 Å². The fraction of sp³-hybridized carbons (Fsp3) is 0.967. The van der Waals surface area contributed by atoms with Gasteiger partial charge in [-0.2, -0.15) is 0 Å². The maximum absolute atomic E-state index is 13.5. The van der Waals surface area contributed by atoms with Gasteiger partial charge in [0.05, 0.1) is 6.10 Å². The summed E-state index contributed by atoms with van der Waals surface area (Å²) in [5.74, 6) is 0.704. The lowest BCUT2D eigenvalue weighted by Gasteiger charge is -2.36. The molecule has 2 amide bonds. The molecule has 67 heavy (non-hydrogen) atoms. The van der Waals surface area contributed by atoms with Gasteiger partial charge in [-0.1, -0.05) is 246 Å². The highest BCUT2D eigenvalue weighted by molar-refractivity contribution is 5.76. The van der Waals surface area contributed by atoms with Crippen LogP contribution in [0.1, 0.15) is 336 Å². The van der Waals surface area contributed by atoms with Crippen molar-refractivity contribution in [3.05, 3.63) is 0 Å². The molecule has 1 fully saturated rings. The van der Waals surface area contributed by atoms with E-state index in [2.05, 4.69) is 42.8 Å². The second kappa shape index (κ2) is 49.8. The fourth-order valence-electron chi connectivity index (χ4n) is 10.8. The van der Waals surface area contributed by atoms with Crippen LogP contribution in [0.4, 0.5) is 0 Å². The van der Waals surface area contributed by atoms with Crippen LogP contribution in [-0.4, -0.2) is 71.1 Å². The van der Waals surface area contributed by atoms with E-state index in [4.69, 9.17) is 0 Å². The third kappa shape index (κ3) is 41.2. The molecule has 1 saturated carbocycles. The molecule has 0 aromatic carbocycles. The first-order valence-corrected chi connectivity index (χ1v) is 30.9. The zero-order chi connectivity index (χ0) is 48.5. The van der Waals surface area contributed by atoms with Gasteiger partial charge in [-0.15, -0.1) is 0 Å². The number of aliphatic hydroxyl groups excluding tert-OH is 1. The number of carbonyl (C=O) groups is 2. The lowest BCUT2D eigenvalue weighted by atomic mass is 9.91. The summed E-state index contributed by atoms with van der Waals surface area (Å²) in [4.78, 5) is 31.6. The normalized spacial score (nSPS) is 15.3. The Morgan fingerprint density at radius 3 is 1.10 bits per heavy atom. The van der Waals surface area contributed by atoms with Crippen molar-refractivity contribution >= 4 is 11.8 Å². The Kier molecular flexibility index (Phi) is 47.5. The van der Waals surface area contributed by atoms with E-state index in [1.807, 2.05) is 0 Å². The van der Waals surface area contributed by atoms with Gasteiger partial charge >= 0.3 is 0 Å². The summed E-state index contributed by atoms with van der Waals surface area (Å²) in [7, 11) is 0. The van der Waals surface area contributed by atoms with E-state index in [-0.39, 0.29) is 6.10 Å². The fourth-order valence-corrected chi connectivity index (χ4v) is 10.8. The monoisotopic (exact) mass is 944 g/mol. The van der Waals surface area contributed by atoms with Gasteiger partial charge in [-0.05, 0) is 90.1 Å². The van der Waals surface area contributed by atoms with Crippen molar-refractivity contribution in [1.82, 2.24) is 15.1 Å². The average molecular weight is 945 g/mol. The lowest BCUT2D eigenvalue weighted by molar-refractivity contribution is -0.131. The van der Waals surface area contributed by atoms with E-state index in [0.717, 1.165) is 77.3 Å². The zero-order valence-electron chi connectivity index (χ0n) is 46.2. The molecule has 0 saturated heterocycles. The second-order valence-electron chi connectivity index (χ2n) is 21.9. The summed E-state index contributed by atoms with van der Waals surface area (Å²) in [6.07, 6.45) is 59.4. The van der Waals surface area contributed by atoms with E-state index in [9.17, 15) is 14.7 Å². The summed E-state index contributed by atoms with van der Waals surface area (Å²) in [6, 6.07) is 0.988. The van der Waals surface area contributed by atoms with Gasteiger partial charge < -0.3 is 20.2 Å². The highest BCUT2D eigenvalue weighted by Gasteiger charge is 2.24. The minimum atomic E-state index is -0.106. The standard InChI is InChI=1S/C61H121N3O3/c1-5-9-13-17-21-25-33-43-55-64(56-44-34-26-22-18-14-10-6-2)61(67)48-40-32-28-36-42-54-63(58-49-51-59(65)52-50-58)53-41-35-27-31-39-47-60(66)62-57(45-37-29-23-19-15-11-7-3)46-38-30-24-20-16-12-8-4/h57-59,65H,5-56H2,1-4H3,(H,62,66). The summed E-state index contributed by atoms with van der Waals surface area (Å²) >= 11 is 0. The van der Waals surface area contributed by atoms with Gasteiger partial charge in [0.25, 0.3) is 0 Å². The van der Waals surface area contributed by atoms with E-state index in [1.54, 1.807) is 0 Å². The maximum Gasteiger partial charge on any atom is 0.222 e. The summed E-state index contributed by atoms with van der Waals surface area (Å²) in [5.41, 5.74) is 0. The van der Waals surface area contributed by atoms with Crippen molar-refractivity contribution in [2.45, 2.75) is 354 Å². The Morgan fingerprint density at radius 1 is 0.403 bits per heavy atom. The molecule has 0 heterocycles. The molecular weight excluding hydrogens is 823 g/mol. The summed E-state index contributed by atoms with van der Waals surface area (Å²) < 4.78 is 0. The molecule has 0 atom stereocenters. The van der Waals surface area contributed by atoms with Gasteiger partial charge in [-0.25, -0.2) is 0 Å². The van der Waals surface area contributed by atoms with E-state index < -0.39 is 0 Å². The third-order valence-electron chi connectivity index (χ3n) is 15.5. The van der Waals surface area contributed by atoms with Crippen molar-refractivity contribution < 1.29 is 14.7 Å². The number of nitrogens with zero attached hydrogens (tertiary/aromatic N) is 2. The van der Waals surface area contributed by atoms with Crippen molar-refractivity contribution in [2.24, 2.45) is 0 Å². The molecule has 0 aromatic rings. The van der Waals surface area contributed by atoms with Crippen molar-refractivity contribution in [3.8, 4) is 0 Å². The quantitative estimate of drug-likeness (QED) is 0.0596. The van der Waals surface area contributed by atoms with Crippen LogP contribution in [0.25, 0.3) is 0 Å². The van der Waals surface area contributed by atoms with Crippen LogP contribution in [0.5, 0.6) is 0 Å². The number of unbranched alkanes of at least 4 members (excludes halogenated alkanes) is 34. The van der Waals surface area contributed by atoms with Crippen LogP contribution in [0.2, 0.25) is 0 Å². The summed E-state index contributed by atoms with van der Waals surface area (Å²) in [6.45, 7) is 13.4. The van der Waals surface area contributed by atoms with Gasteiger partial charge in [-0.3, -0.25) is 9.59 Å². The largest absolute Gasteiger partial charge is 0.393 e. The van der Waals surface area contributed by atoms with E-state index >= 15 is 0 Å². The topological polar surface area (TPSA) is 72.9 Å².